The van der Waals surface area contributed by atoms with Crippen LogP contribution in [0.4, 0.5) is 4.39 Å². The monoisotopic (exact) mass is 288 g/mol. The molecular formula is C15H13FN2O3. The van der Waals surface area contributed by atoms with Gasteiger partial charge in [-0.15, -0.1) is 0 Å². The van der Waals surface area contributed by atoms with Gasteiger partial charge in [0.1, 0.15) is 5.82 Å². The van der Waals surface area contributed by atoms with E-state index in [-0.39, 0.29) is 5.58 Å². The van der Waals surface area contributed by atoms with Gasteiger partial charge in [-0.1, -0.05) is 0 Å². The average molecular weight is 288 g/mol. The van der Waals surface area contributed by atoms with E-state index in [9.17, 15) is 14.3 Å². The number of aliphatic hydroxyl groups excluding tert-OH is 1. The van der Waals surface area contributed by atoms with Gasteiger partial charge in [0.15, 0.2) is 5.58 Å². The molecule has 108 valence electrons. The maximum absolute atomic E-state index is 14.2. The second kappa shape index (κ2) is 4.82. The summed E-state index contributed by atoms with van der Waals surface area (Å²) in [7, 11) is 1.56. The van der Waals surface area contributed by atoms with Crippen LogP contribution in [0.1, 0.15) is 18.6 Å². The van der Waals surface area contributed by atoms with Crippen molar-refractivity contribution in [3.8, 4) is 11.1 Å². The van der Waals surface area contributed by atoms with Crippen LogP contribution in [0, 0.1) is 5.82 Å². The van der Waals surface area contributed by atoms with Gasteiger partial charge < -0.3 is 9.52 Å². The van der Waals surface area contributed by atoms with Crippen LogP contribution in [-0.4, -0.2) is 14.7 Å². The van der Waals surface area contributed by atoms with Gasteiger partial charge in [0.05, 0.1) is 11.6 Å². The largest absolute Gasteiger partial charge is 0.419 e. The standard InChI is InChI=1S/C15H13FN2O3/c1-8(19)9-3-10(7-17-6-9)11-4-13-14(5-12(11)16)21-15(20)18(13)2/h3-8,19H,1-2H3. The van der Waals surface area contributed by atoms with Crippen LogP contribution in [0.3, 0.4) is 0 Å². The van der Waals surface area contributed by atoms with E-state index in [1.54, 1.807) is 26.1 Å². The minimum absolute atomic E-state index is 0.198. The fourth-order valence-corrected chi connectivity index (χ4v) is 2.20. The van der Waals surface area contributed by atoms with Crippen molar-refractivity contribution in [1.82, 2.24) is 9.55 Å². The van der Waals surface area contributed by atoms with Crippen LogP contribution in [0.5, 0.6) is 0 Å². The van der Waals surface area contributed by atoms with Gasteiger partial charge in [-0.25, -0.2) is 9.18 Å². The summed E-state index contributed by atoms with van der Waals surface area (Å²) in [6, 6.07) is 4.39. The van der Waals surface area contributed by atoms with Gasteiger partial charge in [0.2, 0.25) is 0 Å². The molecule has 6 heteroatoms. The van der Waals surface area contributed by atoms with Crippen LogP contribution >= 0.6 is 0 Å². The molecule has 0 bridgehead atoms. The highest BCUT2D eigenvalue weighted by molar-refractivity contribution is 5.81. The Labute approximate surface area is 119 Å². The minimum Gasteiger partial charge on any atom is -0.408 e. The van der Waals surface area contributed by atoms with Crippen molar-refractivity contribution in [1.29, 1.82) is 0 Å². The molecule has 2 aromatic heterocycles. The van der Waals surface area contributed by atoms with E-state index < -0.39 is 17.7 Å². The predicted octanol–water partition coefficient (Wildman–Crippen LogP) is 2.39. The average Bonchev–Trinajstić information content (AvgIpc) is 2.72. The van der Waals surface area contributed by atoms with Crippen molar-refractivity contribution in [2.45, 2.75) is 13.0 Å². The van der Waals surface area contributed by atoms with E-state index in [1.807, 2.05) is 0 Å². The predicted molar refractivity (Wildman–Crippen MR) is 75.3 cm³/mol. The lowest BCUT2D eigenvalue weighted by atomic mass is 10.0. The topological polar surface area (TPSA) is 68.3 Å². The summed E-state index contributed by atoms with van der Waals surface area (Å²) in [5.74, 6) is -1.06. The number of benzene rings is 1. The number of rotatable bonds is 2. The first kappa shape index (κ1) is 13.5. The zero-order valence-corrected chi connectivity index (χ0v) is 11.5. The van der Waals surface area contributed by atoms with Gasteiger partial charge in [0.25, 0.3) is 0 Å². The lowest BCUT2D eigenvalue weighted by molar-refractivity contribution is 0.199. The molecule has 0 aliphatic rings. The number of aromatic nitrogens is 2. The van der Waals surface area contributed by atoms with E-state index in [0.717, 1.165) is 0 Å². The fourth-order valence-electron chi connectivity index (χ4n) is 2.20. The summed E-state index contributed by atoms with van der Waals surface area (Å²) in [6.45, 7) is 1.61. The number of aliphatic hydroxyl groups is 1. The first-order chi connectivity index (χ1) is 9.97. The molecule has 3 rings (SSSR count). The smallest absolute Gasteiger partial charge is 0.408 e. The maximum Gasteiger partial charge on any atom is 0.419 e. The van der Waals surface area contributed by atoms with E-state index in [4.69, 9.17) is 4.42 Å². The van der Waals surface area contributed by atoms with Crippen LogP contribution in [0.2, 0.25) is 0 Å². The molecule has 0 radical (unpaired) electrons. The highest BCUT2D eigenvalue weighted by atomic mass is 19.1. The molecule has 0 fully saturated rings. The molecule has 0 aliphatic carbocycles. The summed E-state index contributed by atoms with van der Waals surface area (Å²) in [6.07, 6.45) is 2.34. The summed E-state index contributed by atoms with van der Waals surface area (Å²) in [5.41, 5.74) is 2.12. The van der Waals surface area contributed by atoms with Gasteiger partial charge in [-0.2, -0.15) is 0 Å². The molecule has 21 heavy (non-hydrogen) atoms. The third-order valence-electron chi connectivity index (χ3n) is 3.43. The van der Waals surface area contributed by atoms with Crippen LogP contribution in [0.25, 0.3) is 22.2 Å². The SMILES string of the molecule is CC(O)c1cncc(-c2cc3c(cc2F)oc(=O)n3C)c1. The number of nitrogens with zero attached hydrogens (tertiary/aromatic N) is 2. The van der Waals surface area contributed by atoms with E-state index >= 15 is 0 Å². The Morgan fingerprint density at radius 3 is 2.81 bits per heavy atom. The van der Waals surface area contributed by atoms with Crippen molar-refractivity contribution in [2.24, 2.45) is 7.05 Å². The number of fused-ring (bicyclic) bond motifs is 1. The lowest BCUT2D eigenvalue weighted by Crippen LogP contribution is -2.08. The Morgan fingerprint density at radius 2 is 2.10 bits per heavy atom. The normalized spacial score (nSPS) is 12.8. The number of oxazole rings is 1. The Balaban J connectivity index is 2.24. The molecule has 1 unspecified atom stereocenters. The third-order valence-corrected chi connectivity index (χ3v) is 3.43. The molecule has 3 aromatic rings. The van der Waals surface area contributed by atoms with Gasteiger partial charge in [-0.3, -0.25) is 9.55 Å². The molecule has 0 saturated heterocycles. The summed E-state index contributed by atoms with van der Waals surface area (Å²) >= 11 is 0. The molecule has 1 atom stereocenters. The van der Waals surface area contributed by atoms with E-state index in [0.29, 0.717) is 22.2 Å². The number of aryl methyl sites for hydroxylation is 1. The highest BCUT2D eigenvalue weighted by Crippen LogP contribution is 2.28. The van der Waals surface area contributed by atoms with Crippen LogP contribution < -0.4 is 5.76 Å². The number of hydrogen-bond donors (Lipinski definition) is 1. The molecule has 2 heterocycles. The zero-order valence-electron chi connectivity index (χ0n) is 11.5. The summed E-state index contributed by atoms with van der Waals surface area (Å²) in [4.78, 5) is 15.5. The van der Waals surface area contributed by atoms with Crippen LogP contribution in [0.15, 0.2) is 39.8 Å². The maximum atomic E-state index is 14.2. The molecule has 5 nitrogen and oxygen atoms in total. The van der Waals surface area contributed by atoms with Crippen molar-refractivity contribution in [2.75, 3.05) is 0 Å². The van der Waals surface area contributed by atoms with Crippen molar-refractivity contribution in [3.63, 3.8) is 0 Å². The first-order valence-corrected chi connectivity index (χ1v) is 6.40. The second-order valence-corrected chi connectivity index (χ2v) is 4.91. The molecule has 0 amide bonds. The van der Waals surface area contributed by atoms with Crippen molar-refractivity contribution in [3.05, 3.63) is 52.5 Å². The van der Waals surface area contributed by atoms with E-state index in [2.05, 4.69) is 4.98 Å². The number of pyridine rings is 1. The molecule has 0 aliphatic heterocycles. The molecule has 1 N–H and O–H groups in total. The second-order valence-electron chi connectivity index (χ2n) is 4.91. The minimum atomic E-state index is -0.692. The van der Waals surface area contributed by atoms with Crippen molar-refractivity contribution < 1.29 is 13.9 Å². The van der Waals surface area contributed by atoms with Gasteiger partial charge in [0, 0.05) is 36.6 Å². The van der Waals surface area contributed by atoms with Crippen LogP contribution in [-0.2, 0) is 7.05 Å². The third kappa shape index (κ3) is 2.23. The van der Waals surface area contributed by atoms with Gasteiger partial charge >= 0.3 is 5.76 Å². The molecular weight excluding hydrogens is 275 g/mol. The number of hydrogen-bond acceptors (Lipinski definition) is 4. The summed E-state index contributed by atoms with van der Waals surface area (Å²) < 4.78 is 20.5. The fraction of sp³-hybridized carbons (Fsp3) is 0.200. The Morgan fingerprint density at radius 1 is 1.33 bits per heavy atom. The van der Waals surface area contributed by atoms with E-state index in [1.165, 1.54) is 23.0 Å². The van der Waals surface area contributed by atoms with Crippen molar-refractivity contribution >= 4 is 11.1 Å². The highest BCUT2D eigenvalue weighted by Gasteiger charge is 2.14. The Hall–Kier alpha value is -2.47. The first-order valence-electron chi connectivity index (χ1n) is 6.40. The molecule has 0 saturated carbocycles. The molecule has 0 spiro atoms. The number of halogens is 1. The Bertz CT molecular complexity index is 880. The Kier molecular flexibility index (Phi) is 3.10. The summed E-state index contributed by atoms with van der Waals surface area (Å²) in [5, 5.41) is 9.59. The quantitative estimate of drug-likeness (QED) is 0.786. The zero-order chi connectivity index (χ0) is 15.1. The van der Waals surface area contributed by atoms with Gasteiger partial charge in [-0.05, 0) is 24.6 Å². The molecule has 1 aromatic carbocycles. The lowest BCUT2D eigenvalue weighted by Gasteiger charge is -2.08.